The first-order valence-electron chi connectivity index (χ1n) is 31.8. The molecule has 0 bridgehead atoms. The second kappa shape index (κ2) is 61.7. The van der Waals surface area contributed by atoms with Gasteiger partial charge in [0.2, 0.25) is 0 Å². The summed E-state index contributed by atoms with van der Waals surface area (Å²) in [6.07, 6.45) is 78.0. The number of unbranched alkanes of at least 4 members (excludes halogenated alkanes) is 37. The highest BCUT2D eigenvalue weighted by Crippen LogP contribution is 2.16. The van der Waals surface area contributed by atoms with Crippen molar-refractivity contribution in [1.82, 2.24) is 0 Å². The van der Waals surface area contributed by atoms with Crippen molar-refractivity contribution >= 4 is 17.9 Å². The van der Waals surface area contributed by atoms with E-state index in [-0.39, 0.29) is 31.1 Å². The first-order valence-corrected chi connectivity index (χ1v) is 31.8. The van der Waals surface area contributed by atoms with Gasteiger partial charge in [-0.2, -0.15) is 0 Å². The number of allylic oxidation sites excluding steroid dienone is 10. The molecule has 0 aromatic rings. The van der Waals surface area contributed by atoms with Crippen molar-refractivity contribution in [3.05, 3.63) is 60.8 Å². The molecule has 1 unspecified atom stereocenters. The van der Waals surface area contributed by atoms with E-state index < -0.39 is 6.10 Å². The molecule has 0 aliphatic rings. The lowest BCUT2D eigenvalue weighted by Crippen LogP contribution is -2.30. The molecule has 1 atom stereocenters. The fourth-order valence-corrected chi connectivity index (χ4v) is 9.15. The van der Waals surface area contributed by atoms with Crippen LogP contribution in [0.2, 0.25) is 0 Å². The number of carbonyl (C=O) groups is 3. The maximum absolute atomic E-state index is 12.9. The van der Waals surface area contributed by atoms with Crippen LogP contribution in [0.5, 0.6) is 0 Å². The normalized spacial score (nSPS) is 12.4. The van der Waals surface area contributed by atoms with E-state index in [9.17, 15) is 14.4 Å². The van der Waals surface area contributed by atoms with Gasteiger partial charge in [-0.25, -0.2) is 0 Å². The Morgan fingerprint density at radius 3 is 0.781 bits per heavy atom. The summed E-state index contributed by atoms with van der Waals surface area (Å²) in [5, 5.41) is 0. The first-order chi connectivity index (χ1) is 36.0. The van der Waals surface area contributed by atoms with Gasteiger partial charge in [0.25, 0.3) is 0 Å². The van der Waals surface area contributed by atoms with E-state index in [1.807, 2.05) is 0 Å². The molecule has 6 heteroatoms. The Kier molecular flexibility index (Phi) is 59.2. The van der Waals surface area contributed by atoms with Crippen molar-refractivity contribution < 1.29 is 28.6 Å². The van der Waals surface area contributed by atoms with Crippen molar-refractivity contribution in [3.63, 3.8) is 0 Å². The van der Waals surface area contributed by atoms with Crippen molar-refractivity contribution in [1.29, 1.82) is 0 Å². The van der Waals surface area contributed by atoms with Gasteiger partial charge in [0.15, 0.2) is 6.10 Å². The van der Waals surface area contributed by atoms with Crippen LogP contribution in [0.3, 0.4) is 0 Å². The monoisotopic (exact) mass is 1020 g/mol. The topological polar surface area (TPSA) is 78.9 Å². The largest absolute Gasteiger partial charge is 0.462 e. The van der Waals surface area contributed by atoms with Crippen LogP contribution in [0.1, 0.15) is 329 Å². The molecule has 0 aliphatic heterocycles. The number of ether oxygens (including phenoxy) is 3. The van der Waals surface area contributed by atoms with Crippen molar-refractivity contribution in [2.75, 3.05) is 13.2 Å². The van der Waals surface area contributed by atoms with Crippen LogP contribution in [0.15, 0.2) is 60.8 Å². The van der Waals surface area contributed by atoms with Crippen LogP contribution < -0.4 is 0 Å². The molecule has 0 amide bonds. The third-order valence-electron chi connectivity index (χ3n) is 14.0. The van der Waals surface area contributed by atoms with Crippen molar-refractivity contribution in [2.45, 2.75) is 335 Å². The van der Waals surface area contributed by atoms with E-state index in [1.165, 1.54) is 199 Å². The molecule has 0 saturated heterocycles. The molecular formula is C67H120O6. The van der Waals surface area contributed by atoms with E-state index in [0.29, 0.717) is 19.3 Å². The zero-order valence-electron chi connectivity index (χ0n) is 48.7. The Morgan fingerprint density at radius 1 is 0.274 bits per heavy atom. The summed E-state index contributed by atoms with van der Waals surface area (Å²) < 4.78 is 16.9. The standard InChI is InChI=1S/C67H120O6/c1-4-7-10-13-16-19-22-25-28-29-30-31-32-33-34-35-36-37-38-39-40-43-45-48-51-54-57-60-66(69)72-63-64(73-67(70)61-58-55-52-49-46-42-27-24-21-18-15-12-9-6-3)62-71-65(68)59-56-53-50-47-44-41-26-23-20-17-14-11-8-5-2/h22-27,29-30,32-33,64H,4-21,28,31,34-63H2,1-3H3/b25-22-,26-23-,27-24-,30-29-,33-32-. The zero-order valence-corrected chi connectivity index (χ0v) is 48.7. The highest BCUT2D eigenvalue weighted by atomic mass is 16.6. The average Bonchev–Trinajstić information content (AvgIpc) is 3.39. The molecule has 424 valence electrons. The van der Waals surface area contributed by atoms with Crippen LogP contribution in [0.25, 0.3) is 0 Å². The molecule has 0 heterocycles. The second-order valence-electron chi connectivity index (χ2n) is 21.3. The fraction of sp³-hybridized carbons (Fsp3) is 0.806. The molecule has 6 nitrogen and oxygen atoms in total. The van der Waals surface area contributed by atoms with Gasteiger partial charge in [-0.15, -0.1) is 0 Å². The molecule has 0 spiro atoms. The number of hydrogen-bond acceptors (Lipinski definition) is 6. The lowest BCUT2D eigenvalue weighted by Gasteiger charge is -2.18. The summed E-state index contributed by atoms with van der Waals surface area (Å²) in [5.41, 5.74) is 0. The Morgan fingerprint density at radius 2 is 0.493 bits per heavy atom. The van der Waals surface area contributed by atoms with E-state index in [4.69, 9.17) is 14.2 Å². The molecule has 0 aromatic heterocycles. The summed E-state index contributed by atoms with van der Waals surface area (Å²) >= 11 is 0. The molecule has 0 aliphatic carbocycles. The molecule has 0 N–H and O–H groups in total. The van der Waals surface area contributed by atoms with Gasteiger partial charge in [0.1, 0.15) is 13.2 Å². The Hall–Kier alpha value is -2.89. The Balaban J connectivity index is 4.25. The number of hydrogen-bond donors (Lipinski definition) is 0. The summed E-state index contributed by atoms with van der Waals surface area (Å²) in [7, 11) is 0. The van der Waals surface area contributed by atoms with Crippen molar-refractivity contribution in [2.24, 2.45) is 0 Å². The number of rotatable bonds is 58. The van der Waals surface area contributed by atoms with Gasteiger partial charge in [-0.3, -0.25) is 14.4 Å². The fourth-order valence-electron chi connectivity index (χ4n) is 9.15. The highest BCUT2D eigenvalue weighted by molar-refractivity contribution is 5.71. The van der Waals surface area contributed by atoms with E-state index >= 15 is 0 Å². The lowest BCUT2D eigenvalue weighted by molar-refractivity contribution is -0.167. The third kappa shape index (κ3) is 59.9. The predicted molar refractivity (Wildman–Crippen MR) is 316 cm³/mol. The molecule has 0 fully saturated rings. The smallest absolute Gasteiger partial charge is 0.306 e. The van der Waals surface area contributed by atoms with Gasteiger partial charge in [-0.1, -0.05) is 261 Å². The van der Waals surface area contributed by atoms with Gasteiger partial charge in [0, 0.05) is 19.3 Å². The molecule has 73 heavy (non-hydrogen) atoms. The SMILES string of the molecule is CCCCCCC/C=C\C/C=C\C/C=C\CCCCCCCCCCCCCCC(=O)OCC(COC(=O)CCCCCCC/C=C\CCCCCCC)OC(=O)CCCCCCC/C=C\CCCCCCC. The second-order valence-corrected chi connectivity index (χ2v) is 21.3. The lowest BCUT2D eigenvalue weighted by atomic mass is 10.0. The first kappa shape index (κ1) is 70.1. The van der Waals surface area contributed by atoms with Crippen LogP contribution in [0.4, 0.5) is 0 Å². The Bertz CT molecular complexity index is 1310. The van der Waals surface area contributed by atoms with Gasteiger partial charge < -0.3 is 14.2 Å². The number of esters is 3. The zero-order chi connectivity index (χ0) is 52.9. The molecular weight excluding hydrogens is 901 g/mol. The molecule has 0 aromatic carbocycles. The summed E-state index contributed by atoms with van der Waals surface area (Å²) in [6, 6.07) is 0. The van der Waals surface area contributed by atoms with E-state index in [1.54, 1.807) is 0 Å². The maximum atomic E-state index is 12.9. The summed E-state index contributed by atoms with van der Waals surface area (Å²) in [5.74, 6) is -0.884. The quantitative estimate of drug-likeness (QED) is 0.0261. The molecule has 0 rings (SSSR count). The average molecular weight is 1020 g/mol. The Labute approximate surface area is 453 Å². The highest BCUT2D eigenvalue weighted by Gasteiger charge is 2.19. The van der Waals surface area contributed by atoms with Gasteiger partial charge >= 0.3 is 17.9 Å². The summed E-state index contributed by atoms with van der Waals surface area (Å²) in [4.78, 5) is 38.2. The van der Waals surface area contributed by atoms with Crippen molar-refractivity contribution in [3.8, 4) is 0 Å². The van der Waals surface area contributed by atoms with Crippen LogP contribution in [-0.2, 0) is 28.6 Å². The predicted octanol–water partition coefficient (Wildman–Crippen LogP) is 21.6. The minimum absolute atomic E-state index is 0.0793. The van der Waals surface area contributed by atoms with E-state index in [2.05, 4.69) is 81.5 Å². The van der Waals surface area contributed by atoms with Crippen LogP contribution in [-0.4, -0.2) is 37.2 Å². The third-order valence-corrected chi connectivity index (χ3v) is 14.0. The molecule has 0 saturated carbocycles. The van der Waals surface area contributed by atoms with E-state index in [0.717, 1.165) is 89.9 Å². The van der Waals surface area contributed by atoms with Crippen LogP contribution >= 0.6 is 0 Å². The molecule has 0 radical (unpaired) electrons. The van der Waals surface area contributed by atoms with Gasteiger partial charge in [0.05, 0.1) is 0 Å². The minimum Gasteiger partial charge on any atom is -0.462 e. The summed E-state index contributed by atoms with van der Waals surface area (Å²) in [6.45, 7) is 6.63. The number of carbonyl (C=O) groups excluding carboxylic acids is 3. The van der Waals surface area contributed by atoms with Gasteiger partial charge in [-0.05, 0) is 109 Å². The minimum atomic E-state index is -0.782. The maximum Gasteiger partial charge on any atom is 0.306 e. The van der Waals surface area contributed by atoms with Crippen LogP contribution in [0, 0.1) is 0 Å².